The van der Waals surface area contributed by atoms with E-state index >= 15 is 0 Å². The van der Waals surface area contributed by atoms with Gasteiger partial charge in [0, 0.05) is 15.8 Å². The first-order valence-corrected chi connectivity index (χ1v) is 12.6. The van der Waals surface area contributed by atoms with Crippen LogP contribution in [0.4, 0.5) is 5.69 Å². The van der Waals surface area contributed by atoms with E-state index in [1.165, 1.54) is 31.2 Å². The summed E-state index contributed by atoms with van der Waals surface area (Å²) < 4.78 is 8.00. The molecule has 0 aliphatic heterocycles. The Hall–Kier alpha value is -3.83. The van der Waals surface area contributed by atoms with Gasteiger partial charge in [-0.25, -0.2) is 5.43 Å². The number of amides is 1. The minimum absolute atomic E-state index is 0.0315. The van der Waals surface area contributed by atoms with Crippen LogP contribution in [0.2, 0.25) is 0 Å². The van der Waals surface area contributed by atoms with Gasteiger partial charge in [0.15, 0.2) is 22.5 Å². The number of halogens is 1. The molecule has 0 radical (unpaired) electrons. The first-order chi connectivity index (χ1) is 17.5. The third kappa shape index (κ3) is 6.64. The standard InChI is InChI=1S/C25H23BrN6O3S/c1-35-22-13-17(7-12-21(22)33)14-28-30-24(34)16-36-25-31-29-23(32(25)20-5-3-2-4-6-20)15-27-19-10-8-18(26)9-11-19/h2-14,27,33H,15-16H2,1H3,(H,30,34)/b28-14+. The lowest BCUT2D eigenvalue weighted by atomic mass is 10.2. The Labute approximate surface area is 220 Å². The molecule has 0 saturated carbocycles. The number of benzene rings is 3. The van der Waals surface area contributed by atoms with Crippen molar-refractivity contribution in [1.82, 2.24) is 20.2 Å². The summed E-state index contributed by atoms with van der Waals surface area (Å²) in [5.74, 6) is 0.877. The summed E-state index contributed by atoms with van der Waals surface area (Å²) in [6.07, 6.45) is 1.48. The Bertz CT molecular complexity index is 1350. The largest absolute Gasteiger partial charge is 0.504 e. The number of aromatic nitrogens is 3. The molecule has 0 aliphatic rings. The number of hydrogen-bond acceptors (Lipinski definition) is 8. The summed E-state index contributed by atoms with van der Waals surface area (Å²) in [6.45, 7) is 0.455. The molecule has 1 heterocycles. The van der Waals surface area contributed by atoms with E-state index in [0.29, 0.717) is 28.8 Å². The number of carbonyl (C=O) groups excluding carboxylic acids is 1. The van der Waals surface area contributed by atoms with E-state index < -0.39 is 0 Å². The van der Waals surface area contributed by atoms with E-state index in [-0.39, 0.29) is 17.4 Å². The smallest absolute Gasteiger partial charge is 0.250 e. The minimum Gasteiger partial charge on any atom is -0.504 e. The van der Waals surface area contributed by atoms with E-state index in [4.69, 9.17) is 4.74 Å². The molecule has 36 heavy (non-hydrogen) atoms. The number of hydrazone groups is 1. The fourth-order valence-electron chi connectivity index (χ4n) is 3.21. The Morgan fingerprint density at radius 3 is 2.67 bits per heavy atom. The van der Waals surface area contributed by atoms with Crippen LogP contribution in [0.3, 0.4) is 0 Å². The number of aromatic hydroxyl groups is 1. The van der Waals surface area contributed by atoms with Crippen LogP contribution in [0, 0.1) is 0 Å². The van der Waals surface area contributed by atoms with Crippen LogP contribution in [-0.4, -0.2) is 44.9 Å². The average molecular weight is 567 g/mol. The number of methoxy groups -OCH3 is 1. The van der Waals surface area contributed by atoms with Crippen LogP contribution in [0.25, 0.3) is 5.69 Å². The number of thioether (sulfide) groups is 1. The molecule has 0 bridgehead atoms. The normalized spacial score (nSPS) is 10.9. The lowest BCUT2D eigenvalue weighted by Crippen LogP contribution is -2.20. The van der Waals surface area contributed by atoms with Crippen molar-refractivity contribution in [3.63, 3.8) is 0 Å². The Kier molecular flexibility index (Phi) is 8.58. The molecule has 0 unspecified atom stereocenters. The molecule has 3 aromatic carbocycles. The molecular formula is C25H23BrN6O3S. The van der Waals surface area contributed by atoms with E-state index in [0.717, 1.165) is 15.8 Å². The third-order valence-corrected chi connectivity index (χ3v) is 6.41. The van der Waals surface area contributed by atoms with E-state index in [1.54, 1.807) is 12.1 Å². The lowest BCUT2D eigenvalue weighted by Gasteiger charge is -2.11. The lowest BCUT2D eigenvalue weighted by molar-refractivity contribution is -0.118. The number of para-hydroxylation sites is 1. The number of hydrogen-bond donors (Lipinski definition) is 3. The molecule has 4 rings (SSSR count). The third-order valence-electron chi connectivity index (χ3n) is 4.95. The number of rotatable bonds is 10. The highest BCUT2D eigenvalue weighted by atomic mass is 79.9. The van der Waals surface area contributed by atoms with Crippen molar-refractivity contribution in [2.75, 3.05) is 18.2 Å². The van der Waals surface area contributed by atoms with Gasteiger partial charge in [0.05, 0.1) is 25.6 Å². The molecule has 1 amide bonds. The molecule has 0 aliphatic carbocycles. The predicted octanol–water partition coefficient (Wildman–Crippen LogP) is 4.60. The summed E-state index contributed by atoms with van der Waals surface area (Å²) >= 11 is 4.70. The maximum atomic E-state index is 12.4. The fraction of sp³-hybridized carbons (Fsp3) is 0.120. The highest BCUT2D eigenvalue weighted by Crippen LogP contribution is 2.26. The predicted molar refractivity (Wildman–Crippen MR) is 144 cm³/mol. The highest BCUT2D eigenvalue weighted by molar-refractivity contribution is 9.10. The van der Waals surface area contributed by atoms with E-state index in [9.17, 15) is 9.90 Å². The SMILES string of the molecule is COc1cc(/C=N/NC(=O)CSc2nnc(CNc3ccc(Br)cc3)n2-c2ccccc2)ccc1O. The molecule has 0 spiro atoms. The second-order valence-corrected chi connectivity index (χ2v) is 9.30. The number of ether oxygens (including phenoxy) is 1. The molecule has 11 heteroatoms. The molecule has 184 valence electrons. The first kappa shape index (κ1) is 25.3. The van der Waals surface area contributed by atoms with Crippen LogP contribution < -0.4 is 15.5 Å². The van der Waals surface area contributed by atoms with Gasteiger partial charge in [-0.05, 0) is 60.2 Å². The zero-order valence-corrected chi connectivity index (χ0v) is 21.7. The van der Waals surface area contributed by atoms with Gasteiger partial charge in [0.2, 0.25) is 0 Å². The first-order valence-electron chi connectivity index (χ1n) is 10.8. The van der Waals surface area contributed by atoms with Gasteiger partial charge in [0.25, 0.3) is 5.91 Å². The van der Waals surface area contributed by atoms with E-state index in [1.807, 2.05) is 59.2 Å². The molecule has 4 aromatic rings. The Morgan fingerprint density at radius 1 is 1.14 bits per heavy atom. The zero-order chi connectivity index (χ0) is 25.3. The summed E-state index contributed by atoms with van der Waals surface area (Å²) in [4.78, 5) is 12.4. The number of carbonyl (C=O) groups is 1. The van der Waals surface area contributed by atoms with Gasteiger partial charge in [-0.1, -0.05) is 45.9 Å². The number of nitrogens with one attached hydrogen (secondary N) is 2. The number of anilines is 1. The van der Waals surface area contributed by atoms with Crippen molar-refractivity contribution in [2.45, 2.75) is 11.7 Å². The van der Waals surface area contributed by atoms with Gasteiger partial charge in [-0.3, -0.25) is 9.36 Å². The van der Waals surface area contributed by atoms with Crippen LogP contribution in [0.5, 0.6) is 11.5 Å². The number of nitrogens with zero attached hydrogens (tertiary/aromatic N) is 4. The molecule has 9 nitrogen and oxygen atoms in total. The monoisotopic (exact) mass is 566 g/mol. The Morgan fingerprint density at radius 2 is 1.92 bits per heavy atom. The maximum Gasteiger partial charge on any atom is 0.250 e. The maximum absolute atomic E-state index is 12.4. The summed E-state index contributed by atoms with van der Waals surface area (Å²) in [6, 6.07) is 22.4. The van der Waals surface area contributed by atoms with Gasteiger partial charge < -0.3 is 15.2 Å². The van der Waals surface area contributed by atoms with Gasteiger partial charge in [0.1, 0.15) is 0 Å². The van der Waals surface area contributed by atoms with Crippen LogP contribution in [-0.2, 0) is 11.3 Å². The fourth-order valence-corrected chi connectivity index (χ4v) is 4.24. The van der Waals surface area contributed by atoms with Crippen LogP contribution in [0.1, 0.15) is 11.4 Å². The summed E-state index contributed by atoms with van der Waals surface area (Å²) in [7, 11) is 1.46. The second kappa shape index (κ2) is 12.2. The average Bonchev–Trinajstić information content (AvgIpc) is 3.31. The van der Waals surface area contributed by atoms with Crippen molar-refractivity contribution < 1.29 is 14.6 Å². The highest BCUT2D eigenvalue weighted by Gasteiger charge is 2.16. The van der Waals surface area contributed by atoms with Crippen molar-refractivity contribution in [3.8, 4) is 17.2 Å². The van der Waals surface area contributed by atoms with Gasteiger partial charge in [-0.2, -0.15) is 5.10 Å². The Balaban J connectivity index is 1.41. The van der Waals surface area contributed by atoms with Gasteiger partial charge in [-0.15, -0.1) is 10.2 Å². The minimum atomic E-state index is -0.292. The zero-order valence-electron chi connectivity index (χ0n) is 19.3. The molecule has 0 atom stereocenters. The van der Waals surface area contributed by atoms with Crippen molar-refractivity contribution in [2.24, 2.45) is 5.10 Å². The second-order valence-electron chi connectivity index (χ2n) is 7.44. The van der Waals surface area contributed by atoms with Crippen molar-refractivity contribution in [3.05, 3.63) is 88.7 Å². The molecule has 3 N–H and O–H groups in total. The molecule has 0 fully saturated rings. The topological polar surface area (TPSA) is 114 Å². The quantitative estimate of drug-likeness (QED) is 0.146. The number of phenolic OH excluding ortho intramolecular Hbond substituents is 1. The van der Waals surface area contributed by atoms with Crippen molar-refractivity contribution in [1.29, 1.82) is 0 Å². The van der Waals surface area contributed by atoms with Crippen LogP contribution >= 0.6 is 27.7 Å². The molecule has 1 aromatic heterocycles. The van der Waals surface area contributed by atoms with Crippen LogP contribution in [0.15, 0.2) is 87.5 Å². The van der Waals surface area contributed by atoms with E-state index in [2.05, 4.69) is 42.0 Å². The molecule has 0 saturated heterocycles. The number of phenols is 1. The summed E-state index contributed by atoms with van der Waals surface area (Å²) in [5, 5.41) is 26.3. The van der Waals surface area contributed by atoms with Gasteiger partial charge >= 0.3 is 0 Å². The summed E-state index contributed by atoms with van der Waals surface area (Å²) in [5.41, 5.74) is 5.03. The van der Waals surface area contributed by atoms with Crippen molar-refractivity contribution >= 4 is 45.5 Å². The molecular weight excluding hydrogens is 544 g/mol.